The molecular formula is C21H23N3OS. The number of nitrogens with one attached hydrogen (secondary N) is 2. The third-order valence-corrected chi connectivity index (χ3v) is 5.29. The lowest BCUT2D eigenvalue weighted by Crippen LogP contribution is -2.37. The van der Waals surface area contributed by atoms with Crippen LogP contribution in [-0.4, -0.2) is 30.1 Å². The number of thiocarbonyl (C=S) groups is 1. The number of benzene rings is 2. The van der Waals surface area contributed by atoms with E-state index >= 15 is 0 Å². The second kappa shape index (κ2) is 7.56. The Kier molecular flexibility index (Phi) is 5.00. The number of nitrogens with zero attached hydrogens (tertiary/aromatic N) is 1. The van der Waals surface area contributed by atoms with Gasteiger partial charge >= 0.3 is 0 Å². The van der Waals surface area contributed by atoms with Gasteiger partial charge in [-0.15, -0.1) is 0 Å². The predicted molar refractivity (Wildman–Crippen MR) is 110 cm³/mol. The Morgan fingerprint density at radius 2 is 2.04 bits per heavy atom. The van der Waals surface area contributed by atoms with Crippen LogP contribution >= 0.6 is 12.2 Å². The maximum atomic E-state index is 5.58. The Bertz CT molecular complexity index is 856. The molecule has 5 heteroatoms. The average Bonchev–Trinajstić information content (AvgIpc) is 3.31. The fraction of sp³-hybridized carbons (Fsp3) is 0.333. The summed E-state index contributed by atoms with van der Waals surface area (Å²) >= 11 is 5.30. The maximum absolute atomic E-state index is 5.58. The SMILES string of the molecule is CC(=NNC(=S)NCC1CCCO1)c1ccc2c(c1)Cc1ccccc1-2. The summed E-state index contributed by atoms with van der Waals surface area (Å²) in [6.07, 6.45) is 3.47. The van der Waals surface area contributed by atoms with E-state index in [2.05, 4.69) is 58.3 Å². The molecule has 2 N–H and O–H groups in total. The Balaban J connectivity index is 1.39. The van der Waals surface area contributed by atoms with Crippen molar-refractivity contribution in [2.75, 3.05) is 13.2 Å². The van der Waals surface area contributed by atoms with Crippen LogP contribution in [0.25, 0.3) is 11.1 Å². The van der Waals surface area contributed by atoms with Gasteiger partial charge in [0.1, 0.15) is 0 Å². The summed E-state index contributed by atoms with van der Waals surface area (Å²) in [5, 5.41) is 8.15. The van der Waals surface area contributed by atoms with Gasteiger partial charge in [0.2, 0.25) is 0 Å². The zero-order valence-corrected chi connectivity index (χ0v) is 15.7. The lowest BCUT2D eigenvalue weighted by molar-refractivity contribution is 0.114. The highest BCUT2D eigenvalue weighted by Gasteiger charge is 2.18. The third kappa shape index (κ3) is 3.64. The van der Waals surface area contributed by atoms with Crippen LogP contribution in [0.1, 0.15) is 36.5 Å². The van der Waals surface area contributed by atoms with Crippen molar-refractivity contribution in [3.63, 3.8) is 0 Å². The molecule has 1 aliphatic heterocycles. The number of hydrogen-bond acceptors (Lipinski definition) is 3. The van der Waals surface area contributed by atoms with Gasteiger partial charge in [0.15, 0.2) is 5.11 Å². The first-order valence-electron chi connectivity index (χ1n) is 9.12. The quantitative estimate of drug-likeness (QED) is 0.421. The monoisotopic (exact) mass is 365 g/mol. The normalized spacial score (nSPS) is 18.3. The zero-order valence-electron chi connectivity index (χ0n) is 14.9. The molecule has 1 aliphatic carbocycles. The minimum atomic E-state index is 0.262. The van der Waals surface area contributed by atoms with Crippen molar-refractivity contribution in [1.82, 2.24) is 10.7 Å². The lowest BCUT2D eigenvalue weighted by atomic mass is 10.0. The highest BCUT2D eigenvalue weighted by atomic mass is 32.1. The molecule has 4 nitrogen and oxygen atoms in total. The molecule has 0 spiro atoms. The molecular weight excluding hydrogens is 342 g/mol. The summed E-state index contributed by atoms with van der Waals surface area (Å²) in [6, 6.07) is 15.2. The van der Waals surface area contributed by atoms with E-state index in [-0.39, 0.29) is 6.10 Å². The molecule has 0 saturated carbocycles. The maximum Gasteiger partial charge on any atom is 0.187 e. The van der Waals surface area contributed by atoms with E-state index < -0.39 is 0 Å². The number of ether oxygens (including phenoxy) is 1. The molecule has 1 heterocycles. The van der Waals surface area contributed by atoms with Gasteiger partial charge in [-0.2, -0.15) is 5.10 Å². The molecule has 1 atom stereocenters. The smallest absolute Gasteiger partial charge is 0.187 e. The number of hydrazone groups is 1. The van der Waals surface area contributed by atoms with Crippen molar-refractivity contribution in [1.29, 1.82) is 0 Å². The highest BCUT2D eigenvalue weighted by Crippen LogP contribution is 2.36. The van der Waals surface area contributed by atoms with Crippen LogP contribution in [0.4, 0.5) is 0 Å². The largest absolute Gasteiger partial charge is 0.376 e. The van der Waals surface area contributed by atoms with E-state index in [0.29, 0.717) is 5.11 Å². The van der Waals surface area contributed by atoms with Crippen LogP contribution in [0.3, 0.4) is 0 Å². The van der Waals surface area contributed by atoms with Crippen LogP contribution in [-0.2, 0) is 11.2 Å². The van der Waals surface area contributed by atoms with Crippen LogP contribution in [0.2, 0.25) is 0 Å². The predicted octanol–water partition coefficient (Wildman–Crippen LogP) is 3.62. The van der Waals surface area contributed by atoms with Crippen LogP contribution in [0.5, 0.6) is 0 Å². The van der Waals surface area contributed by atoms with Crippen molar-refractivity contribution in [3.05, 3.63) is 59.2 Å². The van der Waals surface area contributed by atoms with E-state index in [1.807, 2.05) is 6.92 Å². The molecule has 26 heavy (non-hydrogen) atoms. The van der Waals surface area contributed by atoms with Crippen molar-refractivity contribution in [3.8, 4) is 11.1 Å². The van der Waals surface area contributed by atoms with Gasteiger partial charge in [-0.25, -0.2) is 0 Å². The van der Waals surface area contributed by atoms with E-state index in [4.69, 9.17) is 17.0 Å². The van der Waals surface area contributed by atoms with Crippen molar-refractivity contribution >= 4 is 23.0 Å². The van der Waals surface area contributed by atoms with E-state index in [9.17, 15) is 0 Å². The number of rotatable bonds is 4. The molecule has 0 bridgehead atoms. The molecule has 0 aromatic heterocycles. The summed E-state index contributed by atoms with van der Waals surface area (Å²) in [6.45, 7) is 3.59. The standard InChI is InChI=1S/C21H23N3OS/c1-14(23-24-21(26)22-13-18-6-4-10-25-18)15-8-9-20-17(11-15)12-16-5-2-3-7-19(16)20/h2-3,5,7-9,11,18H,4,6,10,12-13H2,1H3,(H2,22,24,26). The third-order valence-electron chi connectivity index (χ3n) is 5.05. The van der Waals surface area contributed by atoms with E-state index in [1.165, 1.54) is 22.3 Å². The number of fused-ring (bicyclic) bond motifs is 3. The fourth-order valence-electron chi connectivity index (χ4n) is 3.62. The first kappa shape index (κ1) is 17.2. The van der Waals surface area contributed by atoms with E-state index in [0.717, 1.165) is 43.7 Å². The summed E-state index contributed by atoms with van der Waals surface area (Å²) in [5.74, 6) is 0. The Labute approximate surface area is 159 Å². The zero-order chi connectivity index (χ0) is 17.9. The number of hydrogen-bond donors (Lipinski definition) is 2. The molecule has 2 aliphatic rings. The summed E-state index contributed by atoms with van der Waals surface area (Å²) in [5.41, 5.74) is 10.4. The van der Waals surface area contributed by atoms with Gasteiger partial charge in [-0.05, 0) is 72.3 Å². The molecule has 0 radical (unpaired) electrons. The van der Waals surface area contributed by atoms with E-state index in [1.54, 1.807) is 0 Å². The van der Waals surface area contributed by atoms with Gasteiger partial charge in [-0.3, -0.25) is 5.43 Å². The molecule has 0 amide bonds. The molecule has 2 aromatic rings. The highest BCUT2D eigenvalue weighted by molar-refractivity contribution is 7.80. The van der Waals surface area contributed by atoms with Gasteiger partial charge in [-0.1, -0.05) is 36.4 Å². The fourth-order valence-corrected chi connectivity index (χ4v) is 3.75. The minimum Gasteiger partial charge on any atom is -0.376 e. The molecule has 1 saturated heterocycles. The Morgan fingerprint density at radius 3 is 2.88 bits per heavy atom. The average molecular weight is 366 g/mol. The summed E-state index contributed by atoms with van der Waals surface area (Å²) in [7, 11) is 0. The molecule has 4 rings (SSSR count). The second-order valence-corrected chi connectivity index (χ2v) is 7.27. The van der Waals surface area contributed by atoms with Gasteiger partial charge < -0.3 is 10.1 Å². The molecule has 1 fully saturated rings. The van der Waals surface area contributed by atoms with Gasteiger partial charge in [0, 0.05) is 13.2 Å². The first-order valence-corrected chi connectivity index (χ1v) is 9.53. The van der Waals surface area contributed by atoms with Crippen molar-refractivity contribution in [2.24, 2.45) is 5.10 Å². The lowest BCUT2D eigenvalue weighted by Gasteiger charge is -2.12. The Hall–Kier alpha value is -2.24. The summed E-state index contributed by atoms with van der Waals surface area (Å²) in [4.78, 5) is 0. The van der Waals surface area contributed by atoms with Crippen molar-refractivity contribution in [2.45, 2.75) is 32.3 Å². The van der Waals surface area contributed by atoms with Crippen LogP contribution in [0, 0.1) is 0 Å². The first-order chi connectivity index (χ1) is 12.7. The summed E-state index contributed by atoms with van der Waals surface area (Å²) < 4.78 is 5.58. The van der Waals surface area contributed by atoms with Crippen LogP contribution < -0.4 is 10.7 Å². The Morgan fingerprint density at radius 1 is 1.19 bits per heavy atom. The molecule has 2 aromatic carbocycles. The van der Waals surface area contributed by atoms with Crippen LogP contribution in [0.15, 0.2) is 47.6 Å². The minimum absolute atomic E-state index is 0.262. The van der Waals surface area contributed by atoms with Gasteiger partial charge in [0.25, 0.3) is 0 Å². The molecule has 1 unspecified atom stereocenters. The topological polar surface area (TPSA) is 45.7 Å². The van der Waals surface area contributed by atoms with Gasteiger partial charge in [0.05, 0.1) is 11.8 Å². The van der Waals surface area contributed by atoms with Crippen molar-refractivity contribution < 1.29 is 4.74 Å². The second-order valence-electron chi connectivity index (χ2n) is 6.86. The molecule has 134 valence electrons.